The number of nitrogens with one attached hydrogen (secondary N) is 1. The SMILES string of the molecule is COc1ccc(C2CCC2)cc1C1(C(=O)NS(=O)(=O)c2cccc3c2CCN3C)CC1. The molecule has 1 heterocycles. The van der Waals surface area contributed by atoms with E-state index in [1.54, 1.807) is 19.2 Å². The molecule has 164 valence electrons. The number of methoxy groups -OCH3 is 1. The molecule has 1 N–H and O–H groups in total. The van der Waals surface area contributed by atoms with Crippen molar-refractivity contribution in [3.63, 3.8) is 0 Å². The third-order valence-electron chi connectivity index (χ3n) is 7.23. The van der Waals surface area contributed by atoms with Gasteiger partial charge in [-0.2, -0.15) is 0 Å². The van der Waals surface area contributed by atoms with Gasteiger partial charge in [-0.05, 0) is 67.3 Å². The minimum atomic E-state index is -3.97. The Bertz CT molecular complexity index is 1150. The highest BCUT2D eigenvalue weighted by Gasteiger charge is 2.54. The maximum atomic E-state index is 13.4. The van der Waals surface area contributed by atoms with Crippen LogP contribution in [0, 0.1) is 0 Å². The Morgan fingerprint density at radius 1 is 1.19 bits per heavy atom. The number of carbonyl (C=O) groups is 1. The summed E-state index contributed by atoms with van der Waals surface area (Å²) in [6, 6.07) is 11.3. The molecule has 0 radical (unpaired) electrons. The van der Waals surface area contributed by atoms with Crippen LogP contribution in [0.5, 0.6) is 5.75 Å². The number of hydrogen-bond donors (Lipinski definition) is 1. The predicted molar refractivity (Wildman–Crippen MR) is 119 cm³/mol. The molecule has 31 heavy (non-hydrogen) atoms. The van der Waals surface area contributed by atoms with Crippen molar-refractivity contribution in [1.82, 2.24) is 4.72 Å². The van der Waals surface area contributed by atoms with E-state index in [2.05, 4.69) is 16.9 Å². The lowest BCUT2D eigenvalue weighted by Crippen LogP contribution is -2.39. The van der Waals surface area contributed by atoms with Gasteiger partial charge in [0, 0.05) is 24.8 Å². The zero-order valence-electron chi connectivity index (χ0n) is 18.0. The number of carbonyl (C=O) groups excluding carboxylic acids is 1. The molecular weight excluding hydrogens is 412 g/mol. The summed E-state index contributed by atoms with van der Waals surface area (Å²) in [5, 5.41) is 0. The second-order valence-electron chi connectivity index (χ2n) is 9.03. The van der Waals surface area contributed by atoms with E-state index >= 15 is 0 Å². The summed E-state index contributed by atoms with van der Waals surface area (Å²) in [4.78, 5) is 15.6. The van der Waals surface area contributed by atoms with Crippen molar-refractivity contribution < 1.29 is 17.9 Å². The van der Waals surface area contributed by atoms with Gasteiger partial charge in [-0.1, -0.05) is 24.6 Å². The summed E-state index contributed by atoms with van der Waals surface area (Å²) >= 11 is 0. The molecule has 0 spiro atoms. The average Bonchev–Trinajstić information content (AvgIpc) is 3.44. The first-order valence-corrected chi connectivity index (χ1v) is 12.4. The molecule has 0 bridgehead atoms. The third-order valence-corrected chi connectivity index (χ3v) is 8.65. The Morgan fingerprint density at radius 3 is 2.61 bits per heavy atom. The Labute approximate surface area is 183 Å². The van der Waals surface area contributed by atoms with Gasteiger partial charge in [0.2, 0.25) is 5.91 Å². The smallest absolute Gasteiger partial charge is 0.264 e. The summed E-state index contributed by atoms with van der Waals surface area (Å²) in [5.41, 5.74) is 2.87. The van der Waals surface area contributed by atoms with Crippen LogP contribution in [0.15, 0.2) is 41.3 Å². The lowest BCUT2D eigenvalue weighted by atomic mass is 9.78. The highest BCUT2D eigenvalue weighted by atomic mass is 32.2. The monoisotopic (exact) mass is 440 g/mol. The van der Waals surface area contributed by atoms with E-state index in [9.17, 15) is 13.2 Å². The van der Waals surface area contributed by atoms with Crippen molar-refractivity contribution in [2.75, 3.05) is 25.6 Å². The van der Waals surface area contributed by atoms with Crippen LogP contribution in [0.25, 0.3) is 0 Å². The Morgan fingerprint density at radius 2 is 1.97 bits per heavy atom. The molecule has 5 rings (SSSR count). The van der Waals surface area contributed by atoms with Crippen LogP contribution in [0.3, 0.4) is 0 Å². The van der Waals surface area contributed by atoms with Gasteiger partial charge in [-0.15, -0.1) is 0 Å². The van der Waals surface area contributed by atoms with Crippen molar-refractivity contribution in [2.24, 2.45) is 0 Å². The number of fused-ring (bicyclic) bond motifs is 1. The number of benzene rings is 2. The number of ether oxygens (including phenoxy) is 1. The highest BCUT2D eigenvalue weighted by molar-refractivity contribution is 7.90. The van der Waals surface area contributed by atoms with E-state index in [1.165, 1.54) is 12.0 Å². The number of anilines is 1. The topological polar surface area (TPSA) is 75.7 Å². The molecule has 2 aliphatic carbocycles. The Kier molecular flexibility index (Phi) is 4.77. The van der Waals surface area contributed by atoms with Crippen LogP contribution in [0.2, 0.25) is 0 Å². The maximum absolute atomic E-state index is 13.4. The van der Waals surface area contributed by atoms with Gasteiger partial charge in [0.1, 0.15) is 5.75 Å². The zero-order valence-corrected chi connectivity index (χ0v) is 18.8. The van der Waals surface area contributed by atoms with Crippen LogP contribution < -0.4 is 14.4 Å². The molecular formula is C24H28N2O4S. The van der Waals surface area contributed by atoms with Gasteiger partial charge >= 0.3 is 0 Å². The second kappa shape index (κ2) is 7.26. The molecule has 0 atom stereocenters. The maximum Gasteiger partial charge on any atom is 0.264 e. The third kappa shape index (κ3) is 3.30. The van der Waals surface area contributed by atoms with Crippen molar-refractivity contribution in [3.05, 3.63) is 53.1 Å². The minimum absolute atomic E-state index is 0.202. The number of rotatable bonds is 6. The molecule has 1 aliphatic heterocycles. The van der Waals surface area contributed by atoms with Crippen LogP contribution in [0.4, 0.5) is 5.69 Å². The van der Waals surface area contributed by atoms with E-state index in [0.29, 0.717) is 30.9 Å². The van der Waals surface area contributed by atoms with E-state index in [1.807, 2.05) is 24.1 Å². The summed E-state index contributed by atoms with van der Waals surface area (Å²) < 4.78 is 34.4. The number of sulfonamides is 1. The fourth-order valence-corrected chi connectivity index (χ4v) is 6.27. The first kappa shape index (κ1) is 20.4. The normalized spacial score (nSPS) is 19.5. The zero-order chi connectivity index (χ0) is 21.8. The van der Waals surface area contributed by atoms with Crippen molar-refractivity contribution in [1.29, 1.82) is 0 Å². The molecule has 2 aromatic rings. The molecule has 2 aromatic carbocycles. The average molecular weight is 441 g/mol. The van der Waals surface area contributed by atoms with Crippen LogP contribution in [-0.2, 0) is 26.7 Å². The molecule has 2 saturated carbocycles. The van der Waals surface area contributed by atoms with Crippen LogP contribution in [-0.4, -0.2) is 35.0 Å². The number of likely N-dealkylation sites (N-methyl/N-ethyl adjacent to an activating group) is 1. The number of nitrogens with zero attached hydrogens (tertiary/aromatic N) is 1. The van der Waals surface area contributed by atoms with Gasteiger partial charge < -0.3 is 9.64 Å². The van der Waals surface area contributed by atoms with Gasteiger partial charge in [-0.25, -0.2) is 13.1 Å². The van der Waals surface area contributed by atoms with Gasteiger partial charge in [-0.3, -0.25) is 4.79 Å². The quantitative estimate of drug-likeness (QED) is 0.744. The Hall–Kier alpha value is -2.54. The van der Waals surface area contributed by atoms with Gasteiger partial charge in [0.15, 0.2) is 0 Å². The summed E-state index contributed by atoms with van der Waals surface area (Å²) in [6.07, 6.45) is 5.44. The standard InChI is InChI=1S/C24H28N2O4S/c1-26-14-11-18-20(26)7-4-8-22(18)31(28,29)25-23(27)24(12-13-24)19-15-17(16-5-3-6-16)9-10-21(19)30-2/h4,7-10,15-16H,3,5-6,11-14H2,1-2H3,(H,25,27). The molecule has 0 unspecified atom stereocenters. The number of hydrogen-bond acceptors (Lipinski definition) is 5. The fraction of sp³-hybridized carbons (Fsp3) is 0.458. The lowest BCUT2D eigenvalue weighted by Gasteiger charge is -2.28. The van der Waals surface area contributed by atoms with E-state index < -0.39 is 21.3 Å². The molecule has 1 amide bonds. The predicted octanol–water partition coefficient (Wildman–Crippen LogP) is 3.49. The first-order valence-electron chi connectivity index (χ1n) is 10.9. The summed E-state index contributed by atoms with van der Waals surface area (Å²) in [7, 11) is -0.426. The second-order valence-corrected chi connectivity index (χ2v) is 10.7. The number of amides is 1. The molecule has 0 saturated heterocycles. The fourth-order valence-electron chi connectivity index (χ4n) is 4.93. The molecule has 0 aromatic heterocycles. The summed E-state index contributed by atoms with van der Waals surface area (Å²) in [5.74, 6) is 0.715. The molecule has 2 fully saturated rings. The van der Waals surface area contributed by atoms with Crippen molar-refractivity contribution >= 4 is 21.6 Å². The highest BCUT2D eigenvalue weighted by Crippen LogP contribution is 2.53. The van der Waals surface area contributed by atoms with Gasteiger partial charge in [0.05, 0.1) is 17.4 Å². The first-order chi connectivity index (χ1) is 14.9. The van der Waals surface area contributed by atoms with E-state index in [-0.39, 0.29) is 4.90 Å². The van der Waals surface area contributed by atoms with Crippen LogP contribution in [0.1, 0.15) is 54.7 Å². The van der Waals surface area contributed by atoms with E-state index in [0.717, 1.165) is 36.2 Å². The van der Waals surface area contributed by atoms with Crippen molar-refractivity contribution in [2.45, 2.75) is 54.8 Å². The molecule has 3 aliphatic rings. The largest absolute Gasteiger partial charge is 0.496 e. The molecule has 7 heteroatoms. The minimum Gasteiger partial charge on any atom is -0.496 e. The lowest BCUT2D eigenvalue weighted by molar-refractivity contribution is -0.121. The van der Waals surface area contributed by atoms with Gasteiger partial charge in [0.25, 0.3) is 10.0 Å². The van der Waals surface area contributed by atoms with Crippen LogP contribution >= 0.6 is 0 Å². The molecule has 6 nitrogen and oxygen atoms in total. The van der Waals surface area contributed by atoms with Crippen molar-refractivity contribution in [3.8, 4) is 5.75 Å². The Balaban J connectivity index is 1.46. The van der Waals surface area contributed by atoms with E-state index in [4.69, 9.17) is 4.74 Å². The summed E-state index contributed by atoms with van der Waals surface area (Å²) in [6.45, 7) is 0.769.